The fraction of sp³-hybridized carbons (Fsp3) is 0.500. The Labute approximate surface area is 95.4 Å². The largest absolute Gasteiger partial charge is 0.490 e. The molecule has 4 N–H and O–H groups in total. The van der Waals surface area contributed by atoms with Crippen LogP contribution in [0.5, 0.6) is 5.75 Å². The third kappa shape index (κ3) is 3.94. The lowest BCUT2D eigenvalue weighted by Gasteiger charge is -2.13. The van der Waals surface area contributed by atoms with Crippen molar-refractivity contribution in [3.8, 4) is 5.75 Å². The molecule has 1 rings (SSSR count). The van der Waals surface area contributed by atoms with Crippen LogP contribution in [-0.2, 0) is 0 Å². The van der Waals surface area contributed by atoms with E-state index in [2.05, 4.69) is 20.7 Å². The first kappa shape index (κ1) is 13.3. The zero-order valence-electron chi connectivity index (χ0n) is 9.01. The van der Waals surface area contributed by atoms with Crippen molar-refractivity contribution in [2.75, 3.05) is 24.4 Å². The number of nitrogens with one attached hydrogen (secondary N) is 2. The number of aromatic nitrogens is 2. The number of nitrogens with two attached hydrogens (primary N) is 1. The van der Waals surface area contributed by atoms with Gasteiger partial charge >= 0.3 is 6.18 Å². The summed E-state index contributed by atoms with van der Waals surface area (Å²) in [6.45, 7) is -0.305. The number of methoxy groups -OCH3 is 1. The highest BCUT2D eigenvalue weighted by Gasteiger charge is 2.26. The lowest BCUT2D eigenvalue weighted by molar-refractivity contribution is -0.131. The first-order chi connectivity index (χ1) is 7.98. The predicted octanol–water partition coefficient (Wildman–Crippen LogP) is 1.14. The van der Waals surface area contributed by atoms with Crippen LogP contribution in [0.2, 0.25) is 0 Å². The SMILES string of the molecule is COc1c(NN)ncnc1NCCC(F)(F)F. The van der Waals surface area contributed by atoms with Gasteiger partial charge < -0.3 is 15.5 Å². The van der Waals surface area contributed by atoms with Crippen molar-refractivity contribution >= 4 is 11.6 Å². The maximum absolute atomic E-state index is 11.9. The van der Waals surface area contributed by atoms with Crippen LogP contribution in [0.15, 0.2) is 6.33 Å². The summed E-state index contributed by atoms with van der Waals surface area (Å²) in [5, 5.41) is 2.50. The molecule has 0 aliphatic rings. The Balaban J connectivity index is 2.70. The van der Waals surface area contributed by atoms with Crippen molar-refractivity contribution in [1.29, 1.82) is 0 Å². The topological polar surface area (TPSA) is 85.1 Å². The van der Waals surface area contributed by atoms with Gasteiger partial charge in [0.15, 0.2) is 11.6 Å². The van der Waals surface area contributed by atoms with Gasteiger partial charge in [0.25, 0.3) is 0 Å². The average Bonchev–Trinajstić information content (AvgIpc) is 2.27. The van der Waals surface area contributed by atoms with Crippen molar-refractivity contribution in [2.24, 2.45) is 5.84 Å². The Morgan fingerprint density at radius 1 is 1.35 bits per heavy atom. The van der Waals surface area contributed by atoms with Gasteiger partial charge in [0.1, 0.15) is 6.33 Å². The molecule has 0 saturated carbocycles. The number of ether oxygens (including phenoxy) is 1. The predicted molar refractivity (Wildman–Crippen MR) is 55.6 cm³/mol. The van der Waals surface area contributed by atoms with E-state index in [9.17, 15) is 13.2 Å². The zero-order chi connectivity index (χ0) is 12.9. The standard InChI is InChI=1S/C8H12F3N5O/c1-17-5-6(13-3-2-8(9,10)11)14-4-15-7(5)16-12/h4H,2-3,12H2,1H3,(H2,13,14,15,16). The van der Waals surface area contributed by atoms with Gasteiger partial charge in [-0.25, -0.2) is 15.8 Å². The fourth-order valence-electron chi connectivity index (χ4n) is 1.12. The van der Waals surface area contributed by atoms with E-state index in [1.165, 1.54) is 7.11 Å². The van der Waals surface area contributed by atoms with E-state index in [0.29, 0.717) is 0 Å². The van der Waals surface area contributed by atoms with E-state index in [0.717, 1.165) is 6.33 Å². The minimum absolute atomic E-state index is 0.153. The van der Waals surface area contributed by atoms with Crippen molar-refractivity contribution in [3.05, 3.63) is 6.33 Å². The molecule has 0 unspecified atom stereocenters. The fourth-order valence-corrected chi connectivity index (χ4v) is 1.12. The Bertz CT molecular complexity index is 371. The molecule has 0 aliphatic carbocycles. The highest BCUT2D eigenvalue weighted by atomic mass is 19.4. The normalized spacial score (nSPS) is 11.1. The molecule has 9 heteroatoms. The van der Waals surface area contributed by atoms with Crippen LogP contribution >= 0.6 is 0 Å². The molecule has 0 fully saturated rings. The van der Waals surface area contributed by atoms with Gasteiger partial charge in [-0.1, -0.05) is 0 Å². The van der Waals surface area contributed by atoms with Crippen LogP contribution in [0, 0.1) is 0 Å². The summed E-state index contributed by atoms with van der Waals surface area (Å²) in [5.74, 6) is 5.67. The van der Waals surface area contributed by atoms with Crippen LogP contribution in [0.25, 0.3) is 0 Å². The molecule has 6 nitrogen and oxygen atoms in total. The molecule has 0 amide bonds. The summed E-state index contributed by atoms with van der Waals surface area (Å²) in [6.07, 6.45) is -4.03. The number of rotatable bonds is 5. The van der Waals surface area contributed by atoms with Crippen molar-refractivity contribution in [2.45, 2.75) is 12.6 Å². The summed E-state index contributed by atoms with van der Waals surface area (Å²) in [7, 11) is 1.34. The molecular formula is C8H12F3N5O. The third-order valence-corrected chi connectivity index (χ3v) is 1.85. The monoisotopic (exact) mass is 251 g/mol. The number of hydrogen-bond donors (Lipinski definition) is 3. The molecule has 17 heavy (non-hydrogen) atoms. The quantitative estimate of drug-likeness (QED) is 0.537. The Kier molecular flexibility index (Phi) is 4.32. The number of nitrogens with zero attached hydrogens (tertiary/aromatic N) is 2. The van der Waals surface area contributed by atoms with Gasteiger partial charge in [-0.05, 0) is 0 Å². The molecule has 0 spiro atoms. The maximum atomic E-state index is 11.9. The number of hydrazine groups is 1. The Morgan fingerprint density at radius 2 is 2.00 bits per heavy atom. The molecular weight excluding hydrogens is 239 g/mol. The van der Waals surface area contributed by atoms with Crippen LogP contribution in [0.3, 0.4) is 0 Å². The second-order valence-corrected chi connectivity index (χ2v) is 3.04. The smallest absolute Gasteiger partial charge is 0.390 e. The summed E-state index contributed by atoms with van der Waals surface area (Å²) >= 11 is 0. The lowest BCUT2D eigenvalue weighted by Crippen LogP contribution is -2.17. The molecule has 1 aromatic heterocycles. The summed E-state index contributed by atoms with van der Waals surface area (Å²) in [4.78, 5) is 7.52. The Morgan fingerprint density at radius 3 is 2.53 bits per heavy atom. The minimum Gasteiger partial charge on any atom is -0.490 e. The van der Waals surface area contributed by atoms with E-state index in [4.69, 9.17) is 10.6 Å². The van der Waals surface area contributed by atoms with Crippen molar-refractivity contribution < 1.29 is 17.9 Å². The number of anilines is 2. The second-order valence-electron chi connectivity index (χ2n) is 3.04. The number of nitrogen functional groups attached to an aromatic ring is 1. The molecule has 1 heterocycles. The molecule has 0 bridgehead atoms. The van der Waals surface area contributed by atoms with E-state index in [1.54, 1.807) is 0 Å². The van der Waals surface area contributed by atoms with Gasteiger partial charge in [-0.3, -0.25) is 0 Å². The van der Waals surface area contributed by atoms with Crippen LogP contribution in [0.1, 0.15) is 6.42 Å². The Hall–Kier alpha value is -1.77. The van der Waals surface area contributed by atoms with Crippen LogP contribution < -0.4 is 21.3 Å². The number of halogens is 3. The number of hydrogen-bond acceptors (Lipinski definition) is 6. The van der Waals surface area contributed by atoms with Gasteiger partial charge in [0.05, 0.1) is 13.5 Å². The first-order valence-electron chi connectivity index (χ1n) is 4.64. The van der Waals surface area contributed by atoms with Gasteiger partial charge in [0.2, 0.25) is 5.75 Å². The van der Waals surface area contributed by atoms with E-state index >= 15 is 0 Å². The molecule has 0 saturated heterocycles. The zero-order valence-corrected chi connectivity index (χ0v) is 9.01. The summed E-state index contributed by atoms with van der Waals surface area (Å²) < 4.78 is 40.8. The third-order valence-electron chi connectivity index (χ3n) is 1.85. The first-order valence-corrected chi connectivity index (χ1v) is 4.64. The van der Waals surface area contributed by atoms with E-state index < -0.39 is 12.6 Å². The molecule has 0 radical (unpaired) electrons. The average molecular weight is 251 g/mol. The van der Waals surface area contributed by atoms with E-state index in [-0.39, 0.29) is 23.9 Å². The highest BCUT2D eigenvalue weighted by Crippen LogP contribution is 2.28. The molecule has 0 aliphatic heterocycles. The van der Waals surface area contributed by atoms with Gasteiger partial charge in [-0.15, -0.1) is 0 Å². The molecule has 96 valence electrons. The van der Waals surface area contributed by atoms with Gasteiger partial charge in [0, 0.05) is 6.54 Å². The lowest BCUT2D eigenvalue weighted by atomic mass is 10.4. The van der Waals surface area contributed by atoms with Crippen molar-refractivity contribution in [1.82, 2.24) is 9.97 Å². The molecule has 0 aromatic carbocycles. The molecule has 1 aromatic rings. The van der Waals surface area contributed by atoms with Gasteiger partial charge in [-0.2, -0.15) is 13.2 Å². The highest BCUT2D eigenvalue weighted by molar-refractivity contribution is 5.62. The van der Waals surface area contributed by atoms with Crippen molar-refractivity contribution in [3.63, 3.8) is 0 Å². The van der Waals surface area contributed by atoms with Crippen LogP contribution in [0.4, 0.5) is 24.8 Å². The minimum atomic E-state index is -4.22. The maximum Gasteiger partial charge on any atom is 0.390 e. The second kappa shape index (κ2) is 5.53. The summed E-state index contributed by atoms with van der Waals surface area (Å²) in [6, 6.07) is 0. The summed E-state index contributed by atoms with van der Waals surface area (Å²) in [5.41, 5.74) is 2.26. The molecule has 0 atom stereocenters. The van der Waals surface area contributed by atoms with E-state index in [1.807, 2.05) is 0 Å². The number of alkyl halides is 3. The van der Waals surface area contributed by atoms with Crippen LogP contribution in [-0.4, -0.2) is 29.8 Å².